The first-order chi connectivity index (χ1) is 9.06. The summed E-state index contributed by atoms with van der Waals surface area (Å²) < 4.78 is 13.7. The number of para-hydroxylation sites is 1. The number of nitrogens with one attached hydrogen (secondary N) is 2. The van der Waals surface area contributed by atoms with Gasteiger partial charge in [0.15, 0.2) is 0 Å². The van der Waals surface area contributed by atoms with Crippen molar-refractivity contribution in [1.29, 1.82) is 0 Å². The maximum Gasteiger partial charge on any atom is 0.323 e. The second kappa shape index (κ2) is 5.71. The number of carbonyl (C=O) groups excluding carboxylic acids is 1. The summed E-state index contributed by atoms with van der Waals surface area (Å²) in [6.07, 6.45) is 0. The largest absolute Gasteiger partial charge is 0.506 e. The van der Waals surface area contributed by atoms with Gasteiger partial charge in [-0.25, -0.2) is 9.18 Å². The Kier molecular flexibility index (Phi) is 4.01. The topological polar surface area (TPSA) is 61.4 Å². The smallest absolute Gasteiger partial charge is 0.323 e. The maximum absolute atomic E-state index is 13.0. The van der Waals surface area contributed by atoms with Gasteiger partial charge in [-0.3, -0.25) is 0 Å². The molecule has 0 spiro atoms. The van der Waals surface area contributed by atoms with E-state index < -0.39 is 11.8 Å². The Morgan fingerprint density at radius 3 is 2.53 bits per heavy atom. The van der Waals surface area contributed by atoms with E-state index in [9.17, 15) is 14.3 Å². The van der Waals surface area contributed by atoms with Crippen molar-refractivity contribution in [2.45, 2.75) is 0 Å². The molecule has 0 saturated heterocycles. The number of hydrogen-bond donors (Lipinski definition) is 3. The van der Waals surface area contributed by atoms with Crippen LogP contribution in [0.3, 0.4) is 0 Å². The van der Waals surface area contributed by atoms with E-state index in [1.165, 1.54) is 6.07 Å². The molecule has 0 unspecified atom stereocenters. The molecular weight excluding hydrogens is 315 g/mol. The molecule has 0 bridgehead atoms. The molecule has 4 nitrogen and oxygen atoms in total. The molecule has 0 aliphatic heterocycles. The van der Waals surface area contributed by atoms with Crippen molar-refractivity contribution in [3.05, 3.63) is 52.8 Å². The quantitative estimate of drug-likeness (QED) is 0.733. The minimum atomic E-state index is -0.576. The maximum atomic E-state index is 13.0. The zero-order chi connectivity index (χ0) is 13.8. The first-order valence-electron chi connectivity index (χ1n) is 5.37. The van der Waals surface area contributed by atoms with E-state index in [-0.39, 0.29) is 11.4 Å². The molecule has 2 amide bonds. The average molecular weight is 325 g/mol. The fraction of sp³-hybridized carbons (Fsp3) is 0. The summed E-state index contributed by atoms with van der Waals surface area (Å²) in [5.41, 5.74) is 0.570. The number of rotatable bonds is 2. The van der Waals surface area contributed by atoms with Gasteiger partial charge in [0, 0.05) is 10.5 Å². The van der Waals surface area contributed by atoms with Gasteiger partial charge in [-0.2, -0.15) is 0 Å². The third-order valence-corrected chi connectivity index (χ3v) is 3.02. The molecule has 2 aromatic carbocycles. The number of anilines is 2. The third-order valence-electron chi connectivity index (χ3n) is 2.33. The van der Waals surface area contributed by atoms with E-state index in [1.54, 1.807) is 18.2 Å². The number of phenols is 1. The number of carbonyl (C=O) groups is 1. The van der Waals surface area contributed by atoms with Crippen LogP contribution >= 0.6 is 15.9 Å². The molecule has 98 valence electrons. The van der Waals surface area contributed by atoms with Crippen molar-refractivity contribution in [1.82, 2.24) is 0 Å². The average Bonchev–Trinajstić information content (AvgIpc) is 2.37. The van der Waals surface area contributed by atoms with Gasteiger partial charge in [0.05, 0.1) is 11.4 Å². The molecule has 0 aromatic heterocycles. The van der Waals surface area contributed by atoms with E-state index in [1.807, 2.05) is 6.07 Å². The second-order valence-corrected chi connectivity index (χ2v) is 4.57. The molecule has 2 rings (SSSR count). The predicted molar refractivity (Wildman–Crippen MR) is 74.8 cm³/mol. The molecule has 0 aliphatic carbocycles. The molecule has 0 atom stereocenters. The second-order valence-electron chi connectivity index (χ2n) is 3.72. The van der Waals surface area contributed by atoms with E-state index in [0.29, 0.717) is 10.2 Å². The van der Waals surface area contributed by atoms with Crippen molar-refractivity contribution in [2.24, 2.45) is 0 Å². The summed E-state index contributed by atoms with van der Waals surface area (Å²) in [6.45, 7) is 0. The number of hydrogen-bond acceptors (Lipinski definition) is 2. The normalized spacial score (nSPS) is 10.0. The highest BCUT2D eigenvalue weighted by Crippen LogP contribution is 2.25. The molecule has 0 heterocycles. The van der Waals surface area contributed by atoms with Crippen molar-refractivity contribution < 1.29 is 14.3 Å². The fourth-order valence-electron chi connectivity index (χ4n) is 1.45. The first kappa shape index (κ1) is 13.4. The van der Waals surface area contributed by atoms with Crippen LogP contribution in [0.4, 0.5) is 20.6 Å². The van der Waals surface area contributed by atoms with E-state index in [0.717, 1.165) is 12.1 Å². The number of halogens is 2. The minimum absolute atomic E-state index is 0.00422. The van der Waals surface area contributed by atoms with Gasteiger partial charge in [-0.1, -0.05) is 12.1 Å². The Balaban J connectivity index is 2.10. The standard InChI is InChI=1S/C13H10BrFN2O2/c14-9-3-1-2-4-10(9)16-13(19)17-11-7-8(15)5-6-12(11)18/h1-7,18H,(H2,16,17,19). The Bertz CT molecular complexity index is 619. The fourth-order valence-corrected chi connectivity index (χ4v) is 1.83. The SMILES string of the molecule is O=C(Nc1cc(F)ccc1O)Nc1ccccc1Br. The molecule has 0 fully saturated rings. The minimum Gasteiger partial charge on any atom is -0.506 e. The Morgan fingerprint density at radius 2 is 1.79 bits per heavy atom. The summed E-state index contributed by atoms with van der Waals surface area (Å²) in [7, 11) is 0. The predicted octanol–water partition coefficient (Wildman–Crippen LogP) is 3.94. The highest BCUT2D eigenvalue weighted by atomic mass is 79.9. The van der Waals surface area contributed by atoms with Crippen molar-refractivity contribution in [3.8, 4) is 5.75 Å². The highest BCUT2D eigenvalue weighted by Gasteiger charge is 2.08. The molecular formula is C13H10BrFN2O2. The number of phenolic OH excluding ortho intramolecular Hbond substituents is 1. The van der Waals surface area contributed by atoms with Crippen LogP contribution in [-0.2, 0) is 0 Å². The van der Waals surface area contributed by atoms with Crippen molar-refractivity contribution in [2.75, 3.05) is 10.6 Å². The summed E-state index contributed by atoms with van der Waals surface area (Å²) in [5, 5.41) is 14.4. The Labute approximate surface area is 117 Å². The third kappa shape index (κ3) is 3.45. The van der Waals surface area contributed by atoms with Gasteiger partial charge < -0.3 is 15.7 Å². The van der Waals surface area contributed by atoms with E-state index in [4.69, 9.17) is 0 Å². The molecule has 19 heavy (non-hydrogen) atoms. The number of amides is 2. The van der Waals surface area contributed by atoms with Gasteiger partial charge >= 0.3 is 6.03 Å². The number of urea groups is 1. The molecule has 0 radical (unpaired) electrons. The van der Waals surface area contributed by atoms with Gasteiger partial charge in [-0.15, -0.1) is 0 Å². The molecule has 0 aliphatic rings. The molecule has 2 aromatic rings. The van der Waals surface area contributed by atoms with Crippen molar-refractivity contribution in [3.63, 3.8) is 0 Å². The van der Waals surface area contributed by atoms with E-state index in [2.05, 4.69) is 26.6 Å². The lowest BCUT2D eigenvalue weighted by molar-refractivity contribution is 0.262. The van der Waals surface area contributed by atoms with Crippen LogP contribution in [0.1, 0.15) is 0 Å². The summed E-state index contributed by atoms with van der Waals surface area (Å²) in [6, 6.07) is 9.79. The summed E-state index contributed by atoms with van der Waals surface area (Å²) in [4.78, 5) is 11.7. The van der Waals surface area contributed by atoms with Crippen molar-refractivity contribution >= 4 is 33.3 Å². The summed E-state index contributed by atoms with van der Waals surface area (Å²) >= 11 is 3.28. The molecule has 0 saturated carbocycles. The number of benzene rings is 2. The van der Waals surface area contributed by atoms with Crippen LogP contribution in [0.5, 0.6) is 5.75 Å². The number of aromatic hydroxyl groups is 1. The lowest BCUT2D eigenvalue weighted by atomic mass is 10.3. The van der Waals surface area contributed by atoms with Gasteiger partial charge in [0.2, 0.25) is 0 Å². The van der Waals surface area contributed by atoms with Gasteiger partial charge in [0.25, 0.3) is 0 Å². The van der Waals surface area contributed by atoms with Crippen LogP contribution in [0.2, 0.25) is 0 Å². The highest BCUT2D eigenvalue weighted by molar-refractivity contribution is 9.10. The first-order valence-corrected chi connectivity index (χ1v) is 6.16. The monoisotopic (exact) mass is 324 g/mol. The molecule has 6 heteroatoms. The zero-order valence-corrected chi connectivity index (χ0v) is 11.2. The van der Waals surface area contributed by atoms with E-state index >= 15 is 0 Å². The van der Waals surface area contributed by atoms with Crippen LogP contribution in [0.25, 0.3) is 0 Å². The summed E-state index contributed by atoms with van der Waals surface area (Å²) in [5.74, 6) is -0.752. The van der Waals surface area contributed by atoms with Gasteiger partial charge in [0.1, 0.15) is 11.6 Å². The Morgan fingerprint density at radius 1 is 1.11 bits per heavy atom. The Hall–Kier alpha value is -2.08. The van der Waals surface area contributed by atoms with Crippen LogP contribution in [0.15, 0.2) is 46.9 Å². The van der Waals surface area contributed by atoms with Gasteiger partial charge in [-0.05, 0) is 40.2 Å². The van der Waals surface area contributed by atoms with Crippen LogP contribution in [-0.4, -0.2) is 11.1 Å². The van der Waals surface area contributed by atoms with Crippen LogP contribution in [0, 0.1) is 5.82 Å². The van der Waals surface area contributed by atoms with Crippen LogP contribution < -0.4 is 10.6 Å². The zero-order valence-electron chi connectivity index (χ0n) is 9.65. The lowest BCUT2D eigenvalue weighted by Crippen LogP contribution is -2.19. The molecule has 3 N–H and O–H groups in total. The lowest BCUT2D eigenvalue weighted by Gasteiger charge is -2.10.